The second kappa shape index (κ2) is 10.7. The molecule has 0 unspecified atom stereocenters. The van der Waals surface area contributed by atoms with E-state index < -0.39 is 0 Å². The molecule has 0 aromatic heterocycles. The van der Waals surface area contributed by atoms with E-state index in [0.717, 1.165) is 57.5 Å². The van der Waals surface area contributed by atoms with Crippen molar-refractivity contribution in [2.75, 3.05) is 51.3 Å². The lowest BCUT2D eigenvalue weighted by Crippen LogP contribution is -3.14. The van der Waals surface area contributed by atoms with Crippen LogP contribution in [-0.2, 0) is 22.5 Å². The number of quaternary nitrogens is 2. The highest BCUT2D eigenvalue weighted by Gasteiger charge is 2.24. The summed E-state index contributed by atoms with van der Waals surface area (Å²) in [6.07, 6.45) is 3.57. The molecule has 160 valence electrons. The van der Waals surface area contributed by atoms with Crippen LogP contribution < -0.4 is 15.1 Å². The van der Waals surface area contributed by atoms with Crippen LogP contribution >= 0.6 is 0 Å². The highest BCUT2D eigenvalue weighted by molar-refractivity contribution is 5.91. The fraction of sp³-hybridized carbons (Fsp3) is 0.480. The van der Waals surface area contributed by atoms with Gasteiger partial charge in [-0.3, -0.25) is 4.79 Å². The lowest BCUT2D eigenvalue weighted by Gasteiger charge is -2.29. The van der Waals surface area contributed by atoms with Gasteiger partial charge in [-0.05, 0) is 42.9 Å². The fourth-order valence-electron chi connectivity index (χ4n) is 4.68. The normalized spacial score (nSPS) is 22.5. The van der Waals surface area contributed by atoms with Crippen molar-refractivity contribution in [2.24, 2.45) is 5.92 Å². The Labute approximate surface area is 180 Å². The molecule has 0 saturated carbocycles. The predicted molar refractivity (Wildman–Crippen MR) is 119 cm³/mol. The SMILES string of the molecule is O=C(C[NH+]1CCC(Cc2ccccc2)CC1)Nc1ccc(C[NH+]2CCOCC2)cc1. The van der Waals surface area contributed by atoms with Crippen LogP contribution in [0.1, 0.15) is 24.0 Å². The number of ether oxygens (including phenoxy) is 1. The van der Waals surface area contributed by atoms with Crippen LogP contribution in [-0.4, -0.2) is 51.8 Å². The molecule has 0 aliphatic carbocycles. The monoisotopic (exact) mass is 409 g/mol. The fourth-order valence-corrected chi connectivity index (χ4v) is 4.68. The van der Waals surface area contributed by atoms with Crippen LogP contribution in [0.2, 0.25) is 0 Å². The van der Waals surface area contributed by atoms with Gasteiger partial charge in [-0.25, -0.2) is 0 Å². The molecule has 4 rings (SSSR count). The number of hydrogen-bond donors (Lipinski definition) is 3. The average Bonchev–Trinajstić information content (AvgIpc) is 2.78. The lowest BCUT2D eigenvalue weighted by atomic mass is 9.90. The van der Waals surface area contributed by atoms with Crippen molar-refractivity contribution in [2.45, 2.75) is 25.8 Å². The predicted octanol–water partition coefficient (Wildman–Crippen LogP) is 0.578. The van der Waals surface area contributed by atoms with Gasteiger partial charge in [0.05, 0.1) is 26.3 Å². The van der Waals surface area contributed by atoms with Crippen LogP contribution in [0.5, 0.6) is 0 Å². The van der Waals surface area contributed by atoms with E-state index >= 15 is 0 Å². The summed E-state index contributed by atoms with van der Waals surface area (Å²) in [6, 6.07) is 19.1. The molecule has 5 nitrogen and oxygen atoms in total. The molecule has 0 radical (unpaired) electrons. The quantitative estimate of drug-likeness (QED) is 0.627. The van der Waals surface area contributed by atoms with Crippen LogP contribution in [0.25, 0.3) is 0 Å². The maximum Gasteiger partial charge on any atom is 0.279 e. The summed E-state index contributed by atoms with van der Waals surface area (Å²) < 4.78 is 5.42. The van der Waals surface area contributed by atoms with Crippen LogP contribution in [0, 0.1) is 5.92 Å². The Morgan fingerprint density at radius 2 is 1.57 bits per heavy atom. The minimum absolute atomic E-state index is 0.123. The zero-order valence-electron chi connectivity index (χ0n) is 17.9. The first kappa shape index (κ1) is 21.0. The summed E-state index contributed by atoms with van der Waals surface area (Å²) >= 11 is 0. The number of carbonyl (C=O) groups is 1. The molecule has 1 amide bonds. The third kappa shape index (κ3) is 6.39. The average molecular weight is 410 g/mol. The number of anilines is 1. The first-order valence-electron chi connectivity index (χ1n) is 11.4. The molecule has 2 aromatic carbocycles. The van der Waals surface area contributed by atoms with Gasteiger partial charge in [0.25, 0.3) is 5.91 Å². The van der Waals surface area contributed by atoms with E-state index in [1.54, 1.807) is 4.90 Å². The first-order valence-corrected chi connectivity index (χ1v) is 11.4. The Bertz CT molecular complexity index is 780. The van der Waals surface area contributed by atoms with E-state index in [9.17, 15) is 4.79 Å². The van der Waals surface area contributed by atoms with Gasteiger partial charge in [-0.1, -0.05) is 42.5 Å². The second-order valence-electron chi connectivity index (χ2n) is 8.84. The molecule has 5 heteroatoms. The minimum Gasteiger partial charge on any atom is -0.370 e. The molecular weight excluding hydrogens is 374 g/mol. The number of morpholine rings is 1. The van der Waals surface area contributed by atoms with Crippen molar-refractivity contribution in [3.05, 3.63) is 65.7 Å². The molecule has 2 aliphatic heterocycles. The van der Waals surface area contributed by atoms with E-state index in [4.69, 9.17) is 4.74 Å². The highest BCUT2D eigenvalue weighted by atomic mass is 16.5. The van der Waals surface area contributed by atoms with Crippen LogP contribution in [0.4, 0.5) is 5.69 Å². The minimum atomic E-state index is 0.123. The van der Waals surface area contributed by atoms with Crippen molar-refractivity contribution in [1.82, 2.24) is 0 Å². The molecular formula is C25H35N3O2+2. The van der Waals surface area contributed by atoms with Crippen LogP contribution in [0.15, 0.2) is 54.6 Å². The topological polar surface area (TPSA) is 47.2 Å². The van der Waals surface area contributed by atoms with Crippen LogP contribution in [0.3, 0.4) is 0 Å². The number of amides is 1. The summed E-state index contributed by atoms with van der Waals surface area (Å²) in [5.74, 6) is 0.874. The van der Waals surface area contributed by atoms with Crippen molar-refractivity contribution in [3.8, 4) is 0 Å². The van der Waals surface area contributed by atoms with Gasteiger partial charge in [-0.15, -0.1) is 0 Å². The van der Waals surface area contributed by atoms with Gasteiger partial charge in [0, 0.05) is 11.3 Å². The van der Waals surface area contributed by atoms with Gasteiger partial charge < -0.3 is 19.9 Å². The largest absolute Gasteiger partial charge is 0.370 e. The first-order chi connectivity index (χ1) is 14.7. The summed E-state index contributed by atoms with van der Waals surface area (Å²) in [6.45, 7) is 7.63. The van der Waals surface area contributed by atoms with E-state index in [-0.39, 0.29) is 5.91 Å². The van der Waals surface area contributed by atoms with Gasteiger partial charge in [0.2, 0.25) is 0 Å². The number of rotatable bonds is 7. The molecule has 2 fully saturated rings. The van der Waals surface area contributed by atoms with E-state index in [1.807, 2.05) is 12.1 Å². The van der Waals surface area contributed by atoms with Crippen molar-refractivity contribution >= 4 is 11.6 Å². The van der Waals surface area contributed by atoms with Crippen molar-refractivity contribution in [1.29, 1.82) is 0 Å². The summed E-state index contributed by atoms with van der Waals surface area (Å²) in [5.41, 5.74) is 3.65. The number of piperidine rings is 1. The molecule has 0 atom stereocenters. The van der Waals surface area contributed by atoms with Gasteiger partial charge in [0.15, 0.2) is 6.54 Å². The molecule has 2 saturated heterocycles. The van der Waals surface area contributed by atoms with E-state index in [0.29, 0.717) is 6.54 Å². The zero-order valence-corrected chi connectivity index (χ0v) is 17.9. The lowest BCUT2D eigenvalue weighted by molar-refractivity contribution is -0.921. The third-order valence-corrected chi connectivity index (χ3v) is 6.48. The third-order valence-electron chi connectivity index (χ3n) is 6.48. The van der Waals surface area contributed by atoms with Gasteiger partial charge in [0.1, 0.15) is 19.6 Å². The highest BCUT2D eigenvalue weighted by Crippen LogP contribution is 2.16. The Morgan fingerprint density at radius 3 is 2.27 bits per heavy atom. The number of nitrogens with one attached hydrogen (secondary N) is 3. The van der Waals surface area contributed by atoms with Gasteiger partial charge in [-0.2, -0.15) is 0 Å². The molecule has 0 spiro atoms. The summed E-state index contributed by atoms with van der Waals surface area (Å²) in [7, 11) is 0. The summed E-state index contributed by atoms with van der Waals surface area (Å²) in [4.78, 5) is 15.5. The maximum absolute atomic E-state index is 12.5. The standard InChI is InChI=1S/C25H33N3O2/c29-25(20-27-12-10-22(11-13-27)18-21-4-2-1-3-5-21)26-24-8-6-23(7-9-24)19-28-14-16-30-17-15-28/h1-9,22H,10-20H2,(H,26,29)/p+2. The Hall–Kier alpha value is -2.21. The number of benzene rings is 2. The second-order valence-corrected chi connectivity index (χ2v) is 8.84. The molecule has 3 N–H and O–H groups in total. The molecule has 2 aliphatic rings. The molecule has 2 aromatic rings. The summed E-state index contributed by atoms with van der Waals surface area (Å²) in [5, 5.41) is 3.08. The van der Waals surface area contributed by atoms with Crippen molar-refractivity contribution in [3.63, 3.8) is 0 Å². The Balaban J connectivity index is 1.17. The Morgan fingerprint density at radius 1 is 0.867 bits per heavy atom. The maximum atomic E-state index is 12.5. The number of hydrogen-bond acceptors (Lipinski definition) is 2. The van der Waals surface area contributed by atoms with E-state index in [1.165, 1.54) is 35.3 Å². The molecule has 0 bridgehead atoms. The van der Waals surface area contributed by atoms with Gasteiger partial charge >= 0.3 is 0 Å². The van der Waals surface area contributed by atoms with Crippen molar-refractivity contribution < 1.29 is 19.3 Å². The zero-order chi connectivity index (χ0) is 20.6. The Kier molecular flexibility index (Phi) is 7.51. The van der Waals surface area contributed by atoms with E-state index in [2.05, 4.69) is 47.8 Å². The smallest absolute Gasteiger partial charge is 0.279 e. The molecule has 2 heterocycles. The number of likely N-dealkylation sites (tertiary alicyclic amines) is 1. The molecule has 30 heavy (non-hydrogen) atoms. The number of carbonyl (C=O) groups excluding carboxylic acids is 1.